The zero-order chi connectivity index (χ0) is 12.8. The number of nitrogens with one attached hydrogen (secondary N) is 2. The van der Waals surface area contributed by atoms with Crippen LogP contribution in [0, 0.1) is 5.41 Å². The first-order valence-electron chi connectivity index (χ1n) is 5.29. The predicted octanol–water partition coefficient (Wildman–Crippen LogP) is 3.55. The molecule has 17 heavy (non-hydrogen) atoms. The van der Waals surface area contributed by atoms with E-state index < -0.39 is 0 Å². The van der Waals surface area contributed by atoms with Gasteiger partial charge in [-0.3, -0.25) is 4.98 Å². The summed E-state index contributed by atoms with van der Waals surface area (Å²) in [6.07, 6.45) is 5.27. The highest BCUT2D eigenvalue weighted by molar-refractivity contribution is 6.11. The van der Waals surface area contributed by atoms with Gasteiger partial charge < -0.3 is 10.7 Å². The lowest BCUT2D eigenvalue weighted by atomic mass is 10.0. The molecule has 0 radical (unpaired) electrons. The summed E-state index contributed by atoms with van der Waals surface area (Å²) >= 11 is 0. The first-order valence-corrected chi connectivity index (χ1v) is 5.29. The van der Waals surface area contributed by atoms with E-state index in [1.807, 2.05) is 25.3 Å². The van der Waals surface area contributed by atoms with E-state index in [2.05, 4.69) is 23.5 Å². The van der Waals surface area contributed by atoms with Crippen molar-refractivity contribution in [3.63, 3.8) is 0 Å². The molecule has 0 spiro atoms. The fourth-order valence-corrected chi connectivity index (χ4v) is 1.18. The van der Waals surface area contributed by atoms with Crippen LogP contribution in [0.4, 0.5) is 5.69 Å². The van der Waals surface area contributed by atoms with E-state index >= 15 is 0 Å². The highest BCUT2D eigenvalue weighted by atomic mass is 14.9. The van der Waals surface area contributed by atoms with Gasteiger partial charge in [-0.15, -0.1) is 0 Å². The standard InChI is InChI=1S/C14H17N3/c1-10(2)14(15)12(4)11(3)8-17-13-6-5-7-16-9-13/h5-9,15,17H,1,4H2,2-3H3/b11-8-,15-14?. The van der Waals surface area contributed by atoms with Gasteiger partial charge in [0, 0.05) is 12.4 Å². The molecular formula is C14H17N3. The Morgan fingerprint density at radius 3 is 2.65 bits per heavy atom. The summed E-state index contributed by atoms with van der Waals surface area (Å²) in [7, 11) is 0. The molecule has 0 amide bonds. The van der Waals surface area contributed by atoms with Crippen molar-refractivity contribution in [1.29, 1.82) is 5.41 Å². The Bertz CT molecular complexity index is 470. The molecule has 0 atom stereocenters. The number of rotatable bonds is 5. The van der Waals surface area contributed by atoms with E-state index in [9.17, 15) is 0 Å². The third-order valence-electron chi connectivity index (χ3n) is 2.32. The van der Waals surface area contributed by atoms with Crippen LogP contribution < -0.4 is 5.32 Å². The molecule has 88 valence electrons. The third-order valence-corrected chi connectivity index (χ3v) is 2.32. The number of nitrogens with zero attached hydrogens (tertiary/aromatic N) is 1. The molecule has 0 bridgehead atoms. The molecule has 0 fully saturated rings. The van der Waals surface area contributed by atoms with Gasteiger partial charge in [-0.1, -0.05) is 13.2 Å². The molecule has 0 unspecified atom stereocenters. The summed E-state index contributed by atoms with van der Waals surface area (Å²) in [5.41, 5.74) is 3.58. The summed E-state index contributed by atoms with van der Waals surface area (Å²) in [5, 5.41) is 10.9. The Morgan fingerprint density at radius 1 is 1.41 bits per heavy atom. The van der Waals surface area contributed by atoms with Gasteiger partial charge in [0.05, 0.1) is 17.6 Å². The zero-order valence-corrected chi connectivity index (χ0v) is 10.2. The molecule has 3 nitrogen and oxygen atoms in total. The van der Waals surface area contributed by atoms with Crippen LogP contribution in [0.5, 0.6) is 0 Å². The topological polar surface area (TPSA) is 48.8 Å². The Labute approximate surface area is 102 Å². The van der Waals surface area contributed by atoms with Crippen molar-refractivity contribution < 1.29 is 0 Å². The minimum absolute atomic E-state index is 0.381. The minimum atomic E-state index is 0.381. The fraction of sp³-hybridized carbons (Fsp3) is 0.143. The molecule has 1 rings (SSSR count). The summed E-state index contributed by atoms with van der Waals surface area (Å²) < 4.78 is 0. The normalized spacial score (nSPS) is 10.8. The molecule has 0 aliphatic rings. The van der Waals surface area contributed by atoms with E-state index in [0.717, 1.165) is 11.3 Å². The highest BCUT2D eigenvalue weighted by Crippen LogP contribution is 2.13. The van der Waals surface area contributed by atoms with Gasteiger partial charge in [0.2, 0.25) is 0 Å². The molecule has 0 aliphatic carbocycles. The smallest absolute Gasteiger partial charge is 0.0632 e. The third kappa shape index (κ3) is 3.72. The quantitative estimate of drug-likeness (QED) is 0.597. The van der Waals surface area contributed by atoms with E-state index in [1.165, 1.54) is 0 Å². The van der Waals surface area contributed by atoms with Gasteiger partial charge in [0.1, 0.15) is 0 Å². The van der Waals surface area contributed by atoms with Crippen LogP contribution in [0.25, 0.3) is 0 Å². The number of allylic oxidation sites excluding steroid dienone is 3. The van der Waals surface area contributed by atoms with Crippen LogP contribution in [-0.4, -0.2) is 10.7 Å². The van der Waals surface area contributed by atoms with Crippen LogP contribution in [-0.2, 0) is 0 Å². The maximum atomic E-state index is 7.78. The SMILES string of the molecule is C=C(C)C(=N)C(=C)/C(C)=C\Nc1cccnc1. The molecular weight excluding hydrogens is 210 g/mol. The molecule has 1 heterocycles. The van der Waals surface area contributed by atoms with E-state index in [0.29, 0.717) is 16.9 Å². The van der Waals surface area contributed by atoms with Crippen molar-refractivity contribution in [2.45, 2.75) is 13.8 Å². The average molecular weight is 227 g/mol. The number of pyridine rings is 1. The number of hydrogen-bond donors (Lipinski definition) is 2. The van der Waals surface area contributed by atoms with Gasteiger partial charge >= 0.3 is 0 Å². The lowest BCUT2D eigenvalue weighted by molar-refractivity contribution is 1.31. The van der Waals surface area contributed by atoms with Gasteiger partial charge in [-0.05, 0) is 42.7 Å². The maximum absolute atomic E-state index is 7.78. The van der Waals surface area contributed by atoms with Crippen molar-refractivity contribution in [2.75, 3.05) is 5.32 Å². The molecule has 0 aromatic carbocycles. The first kappa shape index (κ1) is 12.9. The predicted molar refractivity (Wildman–Crippen MR) is 73.3 cm³/mol. The zero-order valence-electron chi connectivity index (χ0n) is 10.2. The molecule has 1 aromatic heterocycles. The van der Waals surface area contributed by atoms with Crippen molar-refractivity contribution in [3.05, 3.63) is 60.6 Å². The van der Waals surface area contributed by atoms with Gasteiger partial charge in [-0.2, -0.15) is 0 Å². The largest absolute Gasteiger partial charge is 0.360 e. The monoisotopic (exact) mass is 227 g/mol. The summed E-state index contributed by atoms with van der Waals surface area (Å²) in [6.45, 7) is 11.3. The Kier molecular flexibility index (Phi) is 4.40. The van der Waals surface area contributed by atoms with E-state index in [1.54, 1.807) is 19.3 Å². The number of hydrogen-bond acceptors (Lipinski definition) is 3. The van der Waals surface area contributed by atoms with Gasteiger partial charge in [0.15, 0.2) is 0 Å². The van der Waals surface area contributed by atoms with Crippen LogP contribution in [0.1, 0.15) is 13.8 Å². The summed E-state index contributed by atoms with van der Waals surface area (Å²) in [5.74, 6) is 0. The van der Waals surface area contributed by atoms with E-state index in [4.69, 9.17) is 5.41 Å². The summed E-state index contributed by atoms with van der Waals surface area (Å²) in [4.78, 5) is 4.00. The molecule has 0 aliphatic heterocycles. The minimum Gasteiger partial charge on any atom is -0.360 e. The van der Waals surface area contributed by atoms with Gasteiger partial charge in [-0.25, -0.2) is 0 Å². The first-order chi connectivity index (χ1) is 8.02. The van der Waals surface area contributed by atoms with Crippen molar-refractivity contribution in [3.8, 4) is 0 Å². The second-order valence-electron chi connectivity index (χ2n) is 3.85. The second kappa shape index (κ2) is 5.80. The van der Waals surface area contributed by atoms with Crippen molar-refractivity contribution in [2.24, 2.45) is 0 Å². The van der Waals surface area contributed by atoms with Crippen molar-refractivity contribution in [1.82, 2.24) is 4.98 Å². The van der Waals surface area contributed by atoms with Crippen LogP contribution in [0.2, 0.25) is 0 Å². The van der Waals surface area contributed by atoms with Gasteiger partial charge in [0.25, 0.3) is 0 Å². The summed E-state index contributed by atoms with van der Waals surface area (Å²) in [6, 6.07) is 3.78. The number of aromatic nitrogens is 1. The van der Waals surface area contributed by atoms with E-state index in [-0.39, 0.29) is 0 Å². The van der Waals surface area contributed by atoms with Crippen molar-refractivity contribution >= 4 is 11.4 Å². The molecule has 0 saturated heterocycles. The maximum Gasteiger partial charge on any atom is 0.0632 e. The Morgan fingerprint density at radius 2 is 2.12 bits per heavy atom. The second-order valence-corrected chi connectivity index (χ2v) is 3.85. The van der Waals surface area contributed by atoms with Crippen LogP contribution in [0.15, 0.2) is 60.6 Å². The lowest BCUT2D eigenvalue weighted by Crippen LogP contribution is -2.03. The Hall–Kier alpha value is -2.16. The lowest BCUT2D eigenvalue weighted by Gasteiger charge is -2.08. The Balaban J connectivity index is 2.71. The molecule has 2 N–H and O–H groups in total. The fourth-order valence-electron chi connectivity index (χ4n) is 1.18. The van der Waals surface area contributed by atoms with Crippen LogP contribution in [0.3, 0.4) is 0 Å². The van der Waals surface area contributed by atoms with Crippen LogP contribution >= 0.6 is 0 Å². The molecule has 3 heteroatoms. The number of anilines is 1. The highest BCUT2D eigenvalue weighted by Gasteiger charge is 2.04. The molecule has 1 aromatic rings. The molecule has 0 saturated carbocycles. The average Bonchev–Trinajstić information content (AvgIpc) is 2.35.